The summed E-state index contributed by atoms with van der Waals surface area (Å²) in [6.45, 7) is 1.10. The Morgan fingerprint density at radius 2 is 2.00 bits per heavy atom. The molecule has 1 aliphatic rings. The first kappa shape index (κ1) is 18.5. The first-order chi connectivity index (χ1) is 13.1. The van der Waals surface area contributed by atoms with Crippen LogP contribution in [-0.4, -0.2) is 35.0 Å². The number of amides is 1. The lowest BCUT2D eigenvalue weighted by molar-refractivity contribution is -0.137. The lowest BCUT2D eigenvalue weighted by atomic mass is 10.0. The van der Waals surface area contributed by atoms with Crippen LogP contribution in [0.3, 0.4) is 0 Å². The Morgan fingerprint density at radius 1 is 1.22 bits per heavy atom. The summed E-state index contributed by atoms with van der Waals surface area (Å²) < 4.78 is 5.81. The Balaban J connectivity index is 1.72. The molecule has 2 aromatic carbocycles. The minimum absolute atomic E-state index is 0.0596. The van der Waals surface area contributed by atoms with Crippen molar-refractivity contribution in [2.45, 2.75) is 25.9 Å². The molecule has 0 fully saturated rings. The standard InChI is InChI=1S/C21H20N2O4/c22-13-15-3-5-16(6-4-15)14-27-18-8-7-17-2-1-10-23(11-9-20(24)25)21(26)19(17)12-18/h3-8,12H,1-2,9-11,14H2,(H,24,25). The second-order valence-electron chi connectivity index (χ2n) is 6.46. The van der Waals surface area contributed by atoms with E-state index < -0.39 is 5.97 Å². The third kappa shape index (κ3) is 4.64. The first-order valence-electron chi connectivity index (χ1n) is 8.82. The van der Waals surface area contributed by atoms with Gasteiger partial charge >= 0.3 is 5.97 Å². The fourth-order valence-corrected chi connectivity index (χ4v) is 3.08. The zero-order valence-corrected chi connectivity index (χ0v) is 14.9. The van der Waals surface area contributed by atoms with Crippen molar-refractivity contribution in [3.05, 3.63) is 64.7 Å². The fourth-order valence-electron chi connectivity index (χ4n) is 3.08. The molecule has 138 valence electrons. The van der Waals surface area contributed by atoms with Crippen LogP contribution in [0.25, 0.3) is 0 Å². The van der Waals surface area contributed by atoms with Crippen molar-refractivity contribution >= 4 is 11.9 Å². The third-order valence-corrected chi connectivity index (χ3v) is 4.56. The van der Waals surface area contributed by atoms with Gasteiger partial charge in [-0.15, -0.1) is 0 Å². The van der Waals surface area contributed by atoms with E-state index >= 15 is 0 Å². The summed E-state index contributed by atoms with van der Waals surface area (Å²) in [7, 11) is 0. The Labute approximate surface area is 157 Å². The van der Waals surface area contributed by atoms with Gasteiger partial charge in [0, 0.05) is 18.7 Å². The van der Waals surface area contributed by atoms with Crippen LogP contribution in [0.5, 0.6) is 5.75 Å². The van der Waals surface area contributed by atoms with Gasteiger partial charge in [-0.3, -0.25) is 9.59 Å². The number of carboxylic acids is 1. The minimum Gasteiger partial charge on any atom is -0.489 e. The molecule has 1 heterocycles. The summed E-state index contributed by atoms with van der Waals surface area (Å²) in [4.78, 5) is 25.2. The quantitative estimate of drug-likeness (QED) is 0.851. The van der Waals surface area contributed by atoms with Crippen molar-refractivity contribution < 1.29 is 19.4 Å². The average Bonchev–Trinajstić information content (AvgIpc) is 2.84. The molecule has 2 aromatic rings. The highest BCUT2D eigenvalue weighted by Gasteiger charge is 2.23. The maximum absolute atomic E-state index is 12.8. The van der Waals surface area contributed by atoms with Gasteiger partial charge in [-0.2, -0.15) is 5.26 Å². The van der Waals surface area contributed by atoms with Crippen LogP contribution in [0.1, 0.15) is 39.9 Å². The summed E-state index contributed by atoms with van der Waals surface area (Å²) in [6, 6.07) is 14.7. The van der Waals surface area contributed by atoms with Crippen LogP contribution < -0.4 is 4.74 Å². The molecule has 0 radical (unpaired) electrons. The van der Waals surface area contributed by atoms with E-state index in [-0.39, 0.29) is 18.9 Å². The van der Waals surface area contributed by atoms with Crippen molar-refractivity contribution in [2.24, 2.45) is 0 Å². The number of nitrogens with zero attached hydrogens (tertiary/aromatic N) is 2. The second-order valence-corrected chi connectivity index (χ2v) is 6.46. The number of nitriles is 1. The number of aryl methyl sites for hydroxylation is 1. The lowest BCUT2D eigenvalue weighted by Crippen LogP contribution is -2.33. The van der Waals surface area contributed by atoms with Crippen molar-refractivity contribution in [3.8, 4) is 11.8 Å². The number of carbonyl (C=O) groups is 2. The van der Waals surface area contributed by atoms with Gasteiger partial charge < -0.3 is 14.7 Å². The van der Waals surface area contributed by atoms with E-state index in [2.05, 4.69) is 6.07 Å². The smallest absolute Gasteiger partial charge is 0.305 e. The Bertz CT molecular complexity index is 884. The van der Waals surface area contributed by atoms with Crippen LogP contribution in [0, 0.1) is 11.3 Å². The molecule has 0 saturated heterocycles. The highest BCUT2D eigenvalue weighted by Crippen LogP contribution is 2.24. The van der Waals surface area contributed by atoms with E-state index in [4.69, 9.17) is 15.1 Å². The summed E-state index contributed by atoms with van der Waals surface area (Å²) >= 11 is 0. The number of fused-ring (bicyclic) bond motifs is 1. The molecule has 0 bridgehead atoms. The van der Waals surface area contributed by atoms with Crippen LogP contribution in [0.4, 0.5) is 0 Å². The van der Waals surface area contributed by atoms with E-state index in [0.29, 0.717) is 30.0 Å². The number of hydrogen-bond donors (Lipinski definition) is 1. The number of carbonyl (C=O) groups excluding carboxylic acids is 1. The summed E-state index contributed by atoms with van der Waals surface area (Å²) in [5.41, 5.74) is 3.06. The normalized spacial score (nSPS) is 13.4. The average molecular weight is 364 g/mol. The Kier molecular flexibility index (Phi) is 5.72. The Morgan fingerprint density at radius 3 is 2.70 bits per heavy atom. The second kappa shape index (κ2) is 8.37. The van der Waals surface area contributed by atoms with E-state index in [1.54, 1.807) is 23.1 Å². The predicted octanol–water partition coefficient (Wildman–Crippen LogP) is 3.00. The lowest BCUT2D eigenvalue weighted by Gasteiger charge is -2.20. The molecule has 6 heteroatoms. The number of hydrogen-bond acceptors (Lipinski definition) is 4. The van der Waals surface area contributed by atoms with E-state index in [1.807, 2.05) is 24.3 Å². The highest BCUT2D eigenvalue weighted by molar-refractivity contribution is 5.96. The highest BCUT2D eigenvalue weighted by atomic mass is 16.5. The molecule has 3 rings (SSSR count). The van der Waals surface area contributed by atoms with Crippen molar-refractivity contribution in [1.29, 1.82) is 5.26 Å². The summed E-state index contributed by atoms with van der Waals surface area (Å²) in [6.07, 6.45) is 1.53. The van der Waals surface area contributed by atoms with Crippen molar-refractivity contribution in [2.75, 3.05) is 13.1 Å². The molecule has 27 heavy (non-hydrogen) atoms. The number of rotatable bonds is 6. The van der Waals surface area contributed by atoms with Gasteiger partial charge in [-0.25, -0.2) is 0 Å². The molecular weight excluding hydrogens is 344 g/mol. The van der Waals surface area contributed by atoms with Crippen LogP contribution in [0.15, 0.2) is 42.5 Å². The van der Waals surface area contributed by atoms with Crippen molar-refractivity contribution in [1.82, 2.24) is 4.90 Å². The van der Waals surface area contributed by atoms with Gasteiger partial charge in [-0.05, 0) is 48.2 Å². The van der Waals surface area contributed by atoms with Crippen LogP contribution in [0.2, 0.25) is 0 Å². The number of aliphatic carboxylic acids is 1. The van der Waals surface area contributed by atoms with E-state index in [0.717, 1.165) is 24.0 Å². The third-order valence-electron chi connectivity index (χ3n) is 4.56. The topological polar surface area (TPSA) is 90.6 Å². The molecule has 1 aliphatic heterocycles. The van der Waals surface area contributed by atoms with Crippen LogP contribution in [-0.2, 0) is 17.8 Å². The van der Waals surface area contributed by atoms with Gasteiger partial charge in [-0.1, -0.05) is 18.2 Å². The molecular formula is C21H20N2O4. The molecule has 0 unspecified atom stereocenters. The van der Waals surface area contributed by atoms with Gasteiger partial charge in [0.05, 0.1) is 18.1 Å². The number of benzene rings is 2. The van der Waals surface area contributed by atoms with Gasteiger partial charge in [0.2, 0.25) is 0 Å². The monoisotopic (exact) mass is 364 g/mol. The fraction of sp³-hybridized carbons (Fsp3) is 0.286. The number of ether oxygens (including phenoxy) is 1. The molecule has 1 amide bonds. The SMILES string of the molecule is N#Cc1ccc(COc2ccc3c(c2)C(=O)N(CCC(=O)O)CCC3)cc1. The van der Waals surface area contributed by atoms with Crippen LogP contribution >= 0.6 is 0 Å². The molecule has 6 nitrogen and oxygen atoms in total. The first-order valence-corrected chi connectivity index (χ1v) is 8.82. The van der Waals surface area contributed by atoms with E-state index in [9.17, 15) is 9.59 Å². The molecule has 0 spiro atoms. The molecule has 0 saturated carbocycles. The molecule has 0 aliphatic carbocycles. The van der Waals surface area contributed by atoms with Gasteiger partial charge in [0.1, 0.15) is 12.4 Å². The van der Waals surface area contributed by atoms with Gasteiger partial charge in [0.15, 0.2) is 0 Å². The maximum atomic E-state index is 12.8. The van der Waals surface area contributed by atoms with Crippen molar-refractivity contribution in [3.63, 3.8) is 0 Å². The summed E-state index contributed by atoms with van der Waals surface area (Å²) in [5.74, 6) is -0.467. The predicted molar refractivity (Wildman–Crippen MR) is 98.4 cm³/mol. The molecule has 1 N–H and O–H groups in total. The maximum Gasteiger partial charge on any atom is 0.305 e. The minimum atomic E-state index is -0.910. The largest absolute Gasteiger partial charge is 0.489 e. The zero-order chi connectivity index (χ0) is 19.2. The summed E-state index contributed by atoms with van der Waals surface area (Å²) in [5, 5.41) is 17.7. The zero-order valence-electron chi connectivity index (χ0n) is 14.9. The Hall–Kier alpha value is -3.33. The van der Waals surface area contributed by atoms with Gasteiger partial charge in [0.25, 0.3) is 5.91 Å². The molecule has 0 atom stereocenters. The molecule has 0 aromatic heterocycles. The van der Waals surface area contributed by atoms with E-state index in [1.165, 1.54) is 0 Å². The number of carboxylic acid groups (broad SMARTS) is 1.